The van der Waals surface area contributed by atoms with Gasteiger partial charge in [-0.3, -0.25) is 0 Å². The molecule has 2 radical (unpaired) electrons. The van der Waals surface area contributed by atoms with Crippen molar-refractivity contribution in [3.8, 4) is 0 Å². The molecular weight excluding hydrogens is 93.8 g/mol. The van der Waals surface area contributed by atoms with E-state index in [2.05, 4.69) is 0 Å². The average Bonchev–Trinajstić information content (AvgIpc) is 1.35. The molecule has 0 spiro atoms. The van der Waals surface area contributed by atoms with Crippen molar-refractivity contribution < 1.29 is 4.57 Å². The van der Waals surface area contributed by atoms with Gasteiger partial charge in [0.25, 0.3) is 0 Å². The molecule has 0 fully saturated rings. The molecule has 0 rings (SSSR count). The van der Waals surface area contributed by atoms with Crippen LogP contribution >= 0.6 is 7.14 Å². The highest BCUT2D eigenvalue weighted by Gasteiger charge is 1.98. The molecule has 0 aromatic heterocycles. The Bertz CT molecular complexity index is 74.9. The topological polar surface area (TPSA) is 17.1 Å². The second kappa shape index (κ2) is 1.84. The highest BCUT2D eigenvalue weighted by molar-refractivity contribution is 7.63. The van der Waals surface area contributed by atoms with Gasteiger partial charge in [0.15, 0.2) is 0 Å². The van der Waals surface area contributed by atoms with E-state index >= 15 is 0 Å². The standard InChI is InChI=1S/C3H8BOP/c1-6(2,5)3-4/h3H2,1-2H3. The monoisotopic (exact) mass is 102 g/mol. The molecule has 0 aliphatic carbocycles. The molecule has 0 heterocycles. The molecule has 0 saturated carbocycles. The molecule has 0 aromatic carbocycles. The zero-order valence-corrected chi connectivity index (χ0v) is 5.03. The summed E-state index contributed by atoms with van der Waals surface area (Å²) in [5.74, 6) is 0. The van der Waals surface area contributed by atoms with Crippen molar-refractivity contribution in [3.63, 3.8) is 0 Å². The van der Waals surface area contributed by atoms with Crippen LogP contribution in [0.5, 0.6) is 0 Å². The minimum atomic E-state index is -1.87. The lowest BCUT2D eigenvalue weighted by atomic mass is 10.2. The van der Waals surface area contributed by atoms with Gasteiger partial charge in [0.1, 0.15) is 0 Å². The van der Waals surface area contributed by atoms with Gasteiger partial charge in [0, 0.05) is 0 Å². The first-order chi connectivity index (χ1) is 2.56. The maximum Gasteiger partial charge on any atom is 0.0756 e. The number of rotatable bonds is 1. The minimum Gasteiger partial charge on any atom is -0.325 e. The number of hydrogen-bond donors (Lipinski definition) is 0. The summed E-state index contributed by atoms with van der Waals surface area (Å²) < 4.78 is 10.5. The summed E-state index contributed by atoms with van der Waals surface area (Å²) in [5.41, 5.74) is 0. The van der Waals surface area contributed by atoms with E-state index in [4.69, 9.17) is 7.85 Å². The fourth-order valence-corrected chi connectivity index (χ4v) is 0. The fraction of sp³-hybridized carbons (Fsp3) is 1.00. The third-order valence-electron chi connectivity index (χ3n) is 0.440. The van der Waals surface area contributed by atoms with Crippen LogP contribution in [0.4, 0.5) is 0 Å². The molecule has 6 heavy (non-hydrogen) atoms. The van der Waals surface area contributed by atoms with E-state index in [0.29, 0.717) is 6.06 Å². The second-order valence-electron chi connectivity index (χ2n) is 1.76. The van der Waals surface area contributed by atoms with Crippen LogP contribution in [-0.4, -0.2) is 27.2 Å². The van der Waals surface area contributed by atoms with Crippen molar-refractivity contribution in [2.75, 3.05) is 19.4 Å². The first-order valence-electron chi connectivity index (χ1n) is 1.80. The van der Waals surface area contributed by atoms with Crippen molar-refractivity contribution in [1.82, 2.24) is 0 Å². The Hall–Kier alpha value is 0.295. The predicted octanol–water partition coefficient (Wildman–Crippen LogP) is 0.735. The van der Waals surface area contributed by atoms with Crippen LogP contribution in [0.1, 0.15) is 0 Å². The quantitative estimate of drug-likeness (QED) is 0.352. The van der Waals surface area contributed by atoms with Crippen molar-refractivity contribution in [3.05, 3.63) is 0 Å². The SMILES string of the molecule is [B]CP(C)(C)=O. The molecule has 0 aliphatic rings. The van der Waals surface area contributed by atoms with Gasteiger partial charge in [-0.2, -0.15) is 0 Å². The molecule has 3 heteroatoms. The predicted molar refractivity (Wildman–Crippen MR) is 30.1 cm³/mol. The van der Waals surface area contributed by atoms with Gasteiger partial charge < -0.3 is 4.57 Å². The third-order valence-corrected chi connectivity index (χ3v) is 1.32. The fourth-order valence-electron chi connectivity index (χ4n) is 0. The van der Waals surface area contributed by atoms with Gasteiger partial charge in [-0.25, -0.2) is 0 Å². The average molecular weight is 102 g/mol. The lowest BCUT2D eigenvalue weighted by Gasteiger charge is -1.96. The van der Waals surface area contributed by atoms with E-state index in [1.807, 2.05) is 0 Å². The van der Waals surface area contributed by atoms with Crippen molar-refractivity contribution in [2.24, 2.45) is 0 Å². The Kier molecular flexibility index (Phi) is 1.93. The first kappa shape index (κ1) is 6.29. The molecule has 1 nitrogen and oxygen atoms in total. The smallest absolute Gasteiger partial charge is 0.0756 e. The zero-order valence-electron chi connectivity index (χ0n) is 4.14. The van der Waals surface area contributed by atoms with Crippen LogP contribution in [0.2, 0.25) is 0 Å². The second-order valence-corrected chi connectivity index (χ2v) is 5.27. The Morgan fingerprint density at radius 1 is 1.67 bits per heavy atom. The van der Waals surface area contributed by atoms with Gasteiger partial charge >= 0.3 is 0 Å². The van der Waals surface area contributed by atoms with Crippen LogP contribution in [0, 0.1) is 0 Å². The van der Waals surface area contributed by atoms with E-state index < -0.39 is 7.14 Å². The van der Waals surface area contributed by atoms with Crippen LogP contribution in [0.25, 0.3) is 0 Å². The van der Waals surface area contributed by atoms with Gasteiger partial charge in [-0.15, -0.1) is 0 Å². The van der Waals surface area contributed by atoms with E-state index in [-0.39, 0.29) is 0 Å². The van der Waals surface area contributed by atoms with Gasteiger partial charge in [0.05, 0.1) is 15.0 Å². The van der Waals surface area contributed by atoms with E-state index in [1.165, 1.54) is 0 Å². The first-order valence-corrected chi connectivity index (χ1v) is 4.59. The summed E-state index contributed by atoms with van der Waals surface area (Å²) in [6, 6.07) is 0.326. The van der Waals surface area contributed by atoms with Crippen LogP contribution in [-0.2, 0) is 4.57 Å². The third kappa shape index (κ3) is 4.29. The molecule has 0 aliphatic heterocycles. The van der Waals surface area contributed by atoms with Gasteiger partial charge in [-0.05, 0) is 19.4 Å². The van der Waals surface area contributed by atoms with Crippen LogP contribution in [0.15, 0.2) is 0 Å². The van der Waals surface area contributed by atoms with Gasteiger partial charge in [-0.1, -0.05) is 0 Å². The highest BCUT2D eigenvalue weighted by Crippen LogP contribution is 2.32. The molecule has 0 unspecified atom stereocenters. The summed E-state index contributed by atoms with van der Waals surface area (Å²) in [6.45, 7) is 3.35. The minimum absolute atomic E-state index is 0.326. The largest absolute Gasteiger partial charge is 0.325 e. The lowest BCUT2D eigenvalue weighted by Crippen LogP contribution is -1.80. The van der Waals surface area contributed by atoms with Crippen molar-refractivity contribution in [2.45, 2.75) is 0 Å². The Labute approximate surface area is 39.9 Å². The lowest BCUT2D eigenvalue weighted by molar-refractivity contribution is 0.585. The van der Waals surface area contributed by atoms with Crippen molar-refractivity contribution >= 4 is 15.0 Å². The summed E-state index contributed by atoms with van der Waals surface area (Å²) in [7, 11) is 3.17. The Morgan fingerprint density at radius 2 is 1.83 bits per heavy atom. The summed E-state index contributed by atoms with van der Waals surface area (Å²) >= 11 is 0. The van der Waals surface area contributed by atoms with Crippen LogP contribution in [0.3, 0.4) is 0 Å². The summed E-state index contributed by atoms with van der Waals surface area (Å²) in [6.07, 6.45) is 0. The maximum atomic E-state index is 10.5. The van der Waals surface area contributed by atoms with Crippen LogP contribution < -0.4 is 0 Å². The normalized spacial score (nSPS) is 11.7. The van der Waals surface area contributed by atoms with Gasteiger partial charge in [0.2, 0.25) is 0 Å². The maximum absolute atomic E-state index is 10.5. The molecule has 0 aromatic rings. The molecule has 34 valence electrons. The summed E-state index contributed by atoms with van der Waals surface area (Å²) in [5, 5.41) is 0. The molecule has 0 saturated heterocycles. The molecule has 0 atom stereocenters. The number of hydrogen-bond acceptors (Lipinski definition) is 1. The van der Waals surface area contributed by atoms with Crippen molar-refractivity contribution in [1.29, 1.82) is 0 Å². The van der Waals surface area contributed by atoms with E-state index in [0.717, 1.165) is 0 Å². The highest BCUT2D eigenvalue weighted by atomic mass is 31.2. The Balaban J connectivity index is 3.48. The molecular formula is C3H8BOP. The summed E-state index contributed by atoms with van der Waals surface area (Å²) in [4.78, 5) is 0. The van der Waals surface area contributed by atoms with E-state index in [1.54, 1.807) is 13.3 Å². The molecule has 0 bridgehead atoms. The van der Waals surface area contributed by atoms with E-state index in [9.17, 15) is 4.57 Å². The molecule has 0 amide bonds. The Morgan fingerprint density at radius 3 is 1.83 bits per heavy atom. The molecule has 0 N–H and O–H groups in total. The zero-order chi connectivity index (χ0) is 5.21.